The van der Waals surface area contributed by atoms with Crippen LogP contribution in [0.3, 0.4) is 0 Å². The van der Waals surface area contributed by atoms with Crippen LogP contribution in [0.5, 0.6) is 0 Å². The van der Waals surface area contributed by atoms with Crippen LogP contribution < -0.4 is 0 Å². The van der Waals surface area contributed by atoms with E-state index < -0.39 is 0 Å². The molecule has 0 bridgehead atoms. The Morgan fingerprint density at radius 1 is 0.542 bits per heavy atom. The van der Waals surface area contributed by atoms with Gasteiger partial charge in [0.1, 0.15) is 0 Å². The minimum absolute atomic E-state index is 0.932. The maximum atomic E-state index is 6.35. The Morgan fingerprint density at radius 3 is 1.21 bits per heavy atom. The predicted octanol–water partition coefficient (Wildman–Crippen LogP) is 6.75. The summed E-state index contributed by atoms with van der Waals surface area (Å²) in [6.07, 6.45) is 0. The van der Waals surface area contributed by atoms with Gasteiger partial charge in [-0.05, 0) is 69.9 Å². The van der Waals surface area contributed by atoms with Crippen LogP contribution in [-0.4, -0.2) is 0 Å². The van der Waals surface area contributed by atoms with Gasteiger partial charge < -0.3 is 0 Å². The van der Waals surface area contributed by atoms with E-state index in [-0.39, 0.29) is 0 Å². The first-order valence-electron chi connectivity index (χ1n) is 8.46. The van der Waals surface area contributed by atoms with Crippen LogP contribution in [-0.2, 0) is 0 Å². The highest BCUT2D eigenvalue weighted by Gasteiger charge is 2.22. The van der Waals surface area contributed by atoms with Crippen LogP contribution >= 0.6 is 0 Å². The summed E-state index contributed by atoms with van der Waals surface area (Å²) >= 11 is 0. The highest BCUT2D eigenvalue weighted by molar-refractivity contribution is 5.71. The number of benzene rings is 2. The van der Waals surface area contributed by atoms with Crippen LogP contribution in [0.4, 0.5) is 0 Å². The van der Waals surface area contributed by atoms with E-state index in [9.17, 15) is 0 Å². The van der Waals surface area contributed by atoms with E-state index in [1.165, 1.54) is 44.5 Å². The zero-order valence-corrected chi connectivity index (χ0v) is 15.4. The molecule has 0 aliphatic carbocycles. The smallest absolute Gasteiger partial charge is 0.207 e. The summed E-state index contributed by atoms with van der Waals surface area (Å²) < 4.78 is 6.35. The molecule has 2 aromatic carbocycles. The molecule has 3 rings (SSSR count). The molecule has 0 unspecified atom stereocenters. The molecule has 0 saturated carbocycles. The van der Waals surface area contributed by atoms with Crippen LogP contribution in [0.1, 0.15) is 33.4 Å². The van der Waals surface area contributed by atoms with Crippen LogP contribution in [0.15, 0.2) is 46.9 Å². The van der Waals surface area contributed by atoms with Gasteiger partial charge in [0.2, 0.25) is 0 Å². The first-order valence-corrected chi connectivity index (χ1v) is 8.46. The molecule has 0 atom stereocenters. The van der Waals surface area contributed by atoms with Crippen molar-refractivity contribution in [2.45, 2.75) is 41.5 Å². The van der Waals surface area contributed by atoms with E-state index in [0.29, 0.717) is 0 Å². The zero-order valence-electron chi connectivity index (χ0n) is 15.4. The lowest BCUT2D eigenvalue weighted by Crippen LogP contribution is -1.93. The van der Waals surface area contributed by atoms with E-state index >= 15 is 0 Å². The molecule has 0 aliphatic rings. The third kappa shape index (κ3) is 2.99. The molecule has 1 aromatic heterocycles. The summed E-state index contributed by atoms with van der Waals surface area (Å²) in [4.78, 5) is 0. The second kappa shape index (κ2) is 6.24. The monoisotopic (exact) mass is 317 g/mol. The van der Waals surface area contributed by atoms with Crippen molar-refractivity contribution < 1.29 is 4.42 Å². The van der Waals surface area contributed by atoms with Crippen molar-refractivity contribution in [2.75, 3.05) is 0 Å². The molecule has 24 heavy (non-hydrogen) atoms. The van der Waals surface area contributed by atoms with Crippen molar-refractivity contribution in [2.24, 2.45) is 0 Å². The zero-order chi connectivity index (χ0) is 17.4. The quantitative estimate of drug-likeness (QED) is 0.476. The Labute approximate surface area is 145 Å². The summed E-state index contributed by atoms with van der Waals surface area (Å²) in [7, 11) is 0. The van der Waals surface area contributed by atoms with Gasteiger partial charge >= 0.3 is 11.5 Å². The Bertz CT molecular complexity index is 800. The molecule has 1 heterocycles. The summed E-state index contributed by atoms with van der Waals surface area (Å²) in [5.74, 6) is 1.86. The molecule has 1 nitrogen and oxygen atoms in total. The molecule has 0 aliphatic heterocycles. The second-order valence-electron chi connectivity index (χ2n) is 6.90. The van der Waals surface area contributed by atoms with Crippen molar-refractivity contribution in [1.82, 2.24) is 0 Å². The minimum atomic E-state index is 0.932. The van der Waals surface area contributed by atoms with Crippen molar-refractivity contribution in [3.05, 3.63) is 75.8 Å². The van der Waals surface area contributed by atoms with E-state index in [4.69, 9.17) is 4.42 Å². The summed E-state index contributed by atoms with van der Waals surface area (Å²) in [5, 5.41) is 0. The third-order valence-electron chi connectivity index (χ3n) is 4.56. The lowest BCUT2D eigenvalue weighted by atomic mass is 9.96. The number of rotatable bonds is 2. The number of aryl methyl sites for hydroxylation is 6. The largest absolute Gasteiger partial charge is 0.361 e. The second-order valence-corrected chi connectivity index (χ2v) is 6.90. The Balaban J connectivity index is 2.19. The third-order valence-corrected chi connectivity index (χ3v) is 4.56. The molecule has 0 saturated heterocycles. The highest BCUT2D eigenvalue weighted by atomic mass is 16.3. The molecule has 0 radical (unpaired) electrons. The van der Waals surface area contributed by atoms with Gasteiger partial charge in [-0.3, -0.25) is 0 Å². The van der Waals surface area contributed by atoms with Gasteiger partial charge in [0.25, 0.3) is 0 Å². The first-order chi connectivity index (χ1) is 11.4. The molecule has 122 valence electrons. The fourth-order valence-corrected chi connectivity index (χ4v) is 3.82. The Morgan fingerprint density at radius 2 is 0.875 bits per heavy atom. The van der Waals surface area contributed by atoms with Gasteiger partial charge in [-0.1, -0.05) is 35.4 Å². The molecule has 0 N–H and O–H groups in total. The molecule has 0 amide bonds. The first kappa shape index (κ1) is 16.4. The fourth-order valence-electron chi connectivity index (χ4n) is 3.82. The molecular weight excluding hydrogens is 292 g/mol. The maximum Gasteiger partial charge on any atom is 0.361 e. The van der Waals surface area contributed by atoms with E-state index in [1.807, 2.05) is 0 Å². The van der Waals surface area contributed by atoms with Gasteiger partial charge in [-0.25, -0.2) is 4.42 Å². The Hall–Kier alpha value is -2.41. The van der Waals surface area contributed by atoms with Gasteiger partial charge in [0, 0.05) is 12.1 Å². The van der Waals surface area contributed by atoms with Crippen molar-refractivity contribution >= 4 is 0 Å². The lowest BCUT2D eigenvalue weighted by molar-refractivity contribution is 0.580. The predicted molar refractivity (Wildman–Crippen MR) is 102 cm³/mol. The summed E-state index contributed by atoms with van der Waals surface area (Å²) in [6, 6.07) is 15.1. The van der Waals surface area contributed by atoms with Crippen LogP contribution in [0.2, 0.25) is 0 Å². The number of hydrogen-bond donors (Lipinski definition) is 0. The van der Waals surface area contributed by atoms with Gasteiger partial charge in [-0.15, -0.1) is 0 Å². The molecule has 0 fully saturated rings. The molecule has 0 spiro atoms. The average molecular weight is 317 g/mol. The summed E-state index contributed by atoms with van der Waals surface area (Å²) in [6.45, 7) is 12.9. The summed E-state index contributed by atoms with van der Waals surface area (Å²) in [5.41, 5.74) is 9.99. The van der Waals surface area contributed by atoms with Crippen LogP contribution in [0.25, 0.3) is 22.6 Å². The van der Waals surface area contributed by atoms with Crippen molar-refractivity contribution in [1.29, 1.82) is 0 Å². The van der Waals surface area contributed by atoms with Gasteiger partial charge in [-0.2, -0.15) is 0 Å². The highest BCUT2D eigenvalue weighted by Crippen LogP contribution is 2.34. The van der Waals surface area contributed by atoms with E-state index in [1.54, 1.807) is 0 Å². The minimum Gasteiger partial charge on any atom is -0.207 e. The van der Waals surface area contributed by atoms with Crippen LogP contribution in [0, 0.1) is 41.5 Å². The van der Waals surface area contributed by atoms with E-state index in [2.05, 4.69) is 84.0 Å². The SMILES string of the molecule is Cc1cc(C)c(-c2cccc(-c3c(C)cc(C)cc3C)[o+]2)c(C)c1. The maximum absolute atomic E-state index is 6.35. The number of hydrogen-bond acceptors (Lipinski definition) is 0. The van der Waals surface area contributed by atoms with E-state index in [0.717, 1.165) is 11.5 Å². The molecular formula is C23H25O+. The topological polar surface area (TPSA) is 11.3 Å². The van der Waals surface area contributed by atoms with Gasteiger partial charge in [0.15, 0.2) is 0 Å². The fraction of sp³-hybridized carbons (Fsp3) is 0.261. The molecule has 3 aromatic rings. The van der Waals surface area contributed by atoms with Crippen molar-refractivity contribution in [3.63, 3.8) is 0 Å². The Kier molecular flexibility index (Phi) is 4.28. The normalized spacial score (nSPS) is 10.9. The lowest BCUT2D eigenvalue weighted by Gasteiger charge is -2.07. The van der Waals surface area contributed by atoms with Gasteiger partial charge in [0.05, 0.1) is 11.1 Å². The molecule has 1 heteroatoms. The van der Waals surface area contributed by atoms with Crippen molar-refractivity contribution in [3.8, 4) is 22.6 Å². The average Bonchev–Trinajstić information content (AvgIpc) is 2.45. The standard InChI is InChI=1S/C23H25O/c1-14-10-16(3)22(17(4)11-14)20-8-7-9-21(24-20)23-18(5)12-15(2)13-19(23)6/h7-13H,1-6H3/q+1.